The lowest BCUT2D eigenvalue weighted by molar-refractivity contribution is -0.120. The lowest BCUT2D eigenvalue weighted by atomic mass is 10.1. The van der Waals surface area contributed by atoms with E-state index >= 15 is 0 Å². The number of benzene rings is 1. The molecule has 0 aromatic heterocycles. The molecule has 1 aromatic carbocycles. The van der Waals surface area contributed by atoms with Crippen LogP contribution in [0.1, 0.15) is 20.8 Å². The highest BCUT2D eigenvalue weighted by molar-refractivity contribution is 5.98. The van der Waals surface area contributed by atoms with Crippen molar-refractivity contribution >= 4 is 11.6 Å². The summed E-state index contributed by atoms with van der Waals surface area (Å²) in [5, 5.41) is 6.15. The van der Waals surface area contributed by atoms with Gasteiger partial charge in [0.2, 0.25) is 5.91 Å². The molecule has 6 nitrogen and oxygen atoms in total. The molecule has 0 unspecified atom stereocenters. The first-order chi connectivity index (χ1) is 8.51. The number of rotatable bonds is 5. The highest BCUT2D eigenvalue weighted by Gasteiger charge is 2.26. The van der Waals surface area contributed by atoms with Crippen LogP contribution >= 0.6 is 0 Å². The van der Waals surface area contributed by atoms with Crippen molar-refractivity contribution in [3.8, 4) is 5.75 Å². The molecule has 1 amide bonds. The van der Waals surface area contributed by atoms with Crippen molar-refractivity contribution in [3.05, 3.63) is 34.7 Å². The zero-order valence-electron chi connectivity index (χ0n) is 10.7. The number of hydrogen-bond acceptors (Lipinski definition) is 3. The number of azide groups is 1. The molecule has 1 aromatic rings. The van der Waals surface area contributed by atoms with Crippen molar-refractivity contribution in [1.29, 1.82) is 0 Å². The molecular formula is C12H16N4O2. The smallest absolute Gasteiger partial charge is 0.236 e. The Balaban J connectivity index is 2.91. The third-order valence-electron chi connectivity index (χ3n) is 2.29. The lowest BCUT2D eigenvalue weighted by Crippen LogP contribution is -2.34. The minimum atomic E-state index is -1.14. The molecule has 0 aliphatic heterocycles. The molecule has 18 heavy (non-hydrogen) atoms. The number of ether oxygens (including phenoxy) is 1. The Hall–Kier alpha value is -2.20. The minimum Gasteiger partial charge on any atom is -0.492 e. The second-order valence-electron chi connectivity index (χ2n) is 4.13. The van der Waals surface area contributed by atoms with Crippen LogP contribution in [-0.4, -0.2) is 18.1 Å². The normalized spacial score (nSPS) is 10.4. The van der Waals surface area contributed by atoms with Crippen molar-refractivity contribution in [1.82, 2.24) is 0 Å². The molecule has 0 fully saturated rings. The molecule has 1 rings (SSSR count). The van der Waals surface area contributed by atoms with Gasteiger partial charge in [0.1, 0.15) is 11.3 Å². The number of carbonyl (C=O) groups excluding carboxylic acids is 1. The van der Waals surface area contributed by atoms with Crippen molar-refractivity contribution in [2.45, 2.75) is 26.3 Å². The first-order valence-corrected chi connectivity index (χ1v) is 5.60. The van der Waals surface area contributed by atoms with E-state index in [1.54, 1.807) is 32.0 Å². The number of anilines is 1. The van der Waals surface area contributed by atoms with E-state index in [1.165, 1.54) is 0 Å². The van der Waals surface area contributed by atoms with E-state index in [1.807, 2.05) is 13.0 Å². The van der Waals surface area contributed by atoms with Gasteiger partial charge in [-0.3, -0.25) is 4.79 Å². The molecule has 0 saturated heterocycles. The predicted octanol–water partition coefficient (Wildman–Crippen LogP) is 3.11. The fraction of sp³-hybridized carbons (Fsp3) is 0.417. The lowest BCUT2D eigenvalue weighted by Gasteiger charge is -2.18. The Morgan fingerprint density at radius 3 is 2.78 bits per heavy atom. The van der Waals surface area contributed by atoms with Crippen LogP contribution in [0.4, 0.5) is 5.69 Å². The Labute approximate surface area is 106 Å². The van der Waals surface area contributed by atoms with Gasteiger partial charge >= 0.3 is 0 Å². The first kappa shape index (κ1) is 13.9. The molecule has 0 bridgehead atoms. The zero-order chi connectivity index (χ0) is 13.6. The molecule has 0 spiro atoms. The van der Waals surface area contributed by atoms with Crippen molar-refractivity contribution in [2.75, 3.05) is 11.9 Å². The summed E-state index contributed by atoms with van der Waals surface area (Å²) < 4.78 is 5.39. The molecule has 96 valence electrons. The van der Waals surface area contributed by atoms with E-state index in [-0.39, 0.29) is 5.91 Å². The summed E-state index contributed by atoms with van der Waals surface area (Å²) in [7, 11) is 0. The van der Waals surface area contributed by atoms with Crippen LogP contribution in [0, 0.1) is 0 Å². The van der Waals surface area contributed by atoms with Crippen LogP contribution < -0.4 is 10.1 Å². The molecule has 0 saturated carbocycles. The van der Waals surface area contributed by atoms with Gasteiger partial charge in [-0.2, -0.15) is 0 Å². The van der Waals surface area contributed by atoms with E-state index in [9.17, 15) is 4.79 Å². The van der Waals surface area contributed by atoms with Crippen LogP contribution in [0.2, 0.25) is 0 Å². The van der Waals surface area contributed by atoms with Crippen LogP contribution in [0.5, 0.6) is 5.75 Å². The highest BCUT2D eigenvalue weighted by atomic mass is 16.5. The summed E-state index contributed by atoms with van der Waals surface area (Å²) in [5.41, 5.74) is 7.83. The average Bonchev–Trinajstić information content (AvgIpc) is 2.32. The quantitative estimate of drug-likeness (QED) is 0.493. The number of amides is 1. The maximum absolute atomic E-state index is 11.9. The van der Waals surface area contributed by atoms with Crippen LogP contribution in [0.15, 0.2) is 29.4 Å². The summed E-state index contributed by atoms with van der Waals surface area (Å²) in [6, 6.07) is 7.10. The number of para-hydroxylation sites is 2. The molecule has 0 radical (unpaired) electrons. The zero-order valence-corrected chi connectivity index (χ0v) is 10.7. The summed E-state index contributed by atoms with van der Waals surface area (Å²) in [4.78, 5) is 14.6. The minimum absolute atomic E-state index is 0.382. The number of carbonyl (C=O) groups is 1. The van der Waals surface area contributed by atoms with Gasteiger partial charge in [0.15, 0.2) is 0 Å². The standard InChI is InChI=1S/C12H16N4O2/c1-4-18-10-8-6-5-7-9(10)14-11(17)12(2,3)15-16-13/h5-8H,4H2,1-3H3,(H,14,17). The fourth-order valence-electron chi connectivity index (χ4n) is 1.28. The van der Waals surface area contributed by atoms with E-state index in [0.29, 0.717) is 18.0 Å². The van der Waals surface area contributed by atoms with E-state index in [4.69, 9.17) is 10.3 Å². The Morgan fingerprint density at radius 2 is 2.17 bits per heavy atom. The van der Waals surface area contributed by atoms with Gasteiger partial charge in [0.25, 0.3) is 0 Å². The predicted molar refractivity (Wildman–Crippen MR) is 69.5 cm³/mol. The largest absolute Gasteiger partial charge is 0.492 e. The summed E-state index contributed by atoms with van der Waals surface area (Å²) in [6.07, 6.45) is 0. The molecule has 0 atom stereocenters. The van der Waals surface area contributed by atoms with Gasteiger partial charge in [0.05, 0.1) is 12.3 Å². The van der Waals surface area contributed by atoms with Gasteiger partial charge in [-0.1, -0.05) is 17.2 Å². The topological polar surface area (TPSA) is 87.1 Å². The number of nitrogens with zero attached hydrogens (tertiary/aromatic N) is 3. The molecule has 1 N–H and O–H groups in total. The summed E-state index contributed by atoms with van der Waals surface area (Å²) in [5.74, 6) is 0.206. The Bertz CT molecular complexity index is 479. The van der Waals surface area contributed by atoms with Crippen LogP contribution in [0.25, 0.3) is 10.4 Å². The van der Waals surface area contributed by atoms with Crippen molar-refractivity contribution in [3.63, 3.8) is 0 Å². The van der Waals surface area contributed by atoms with E-state index in [2.05, 4.69) is 15.3 Å². The second-order valence-corrected chi connectivity index (χ2v) is 4.13. The molecule has 0 aliphatic carbocycles. The van der Waals surface area contributed by atoms with Crippen LogP contribution in [0.3, 0.4) is 0 Å². The Kier molecular flexibility index (Phi) is 4.57. The first-order valence-electron chi connectivity index (χ1n) is 5.60. The van der Waals surface area contributed by atoms with Crippen LogP contribution in [-0.2, 0) is 4.79 Å². The van der Waals surface area contributed by atoms with E-state index in [0.717, 1.165) is 0 Å². The molecule has 6 heteroatoms. The summed E-state index contributed by atoms with van der Waals surface area (Å²) in [6.45, 7) is 5.46. The maximum Gasteiger partial charge on any atom is 0.236 e. The van der Waals surface area contributed by atoms with Crippen molar-refractivity contribution in [2.24, 2.45) is 5.11 Å². The molecule has 0 aliphatic rings. The van der Waals surface area contributed by atoms with Gasteiger partial charge in [-0.05, 0) is 38.4 Å². The SMILES string of the molecule is CCOc1ccccc1NC(=O)C(C)(C)N=[N+]=[N-]. The second kappa shape index (κ2) is 5.93. The Morgan fingerprint density at radius 1 is 1.50 bits per heavy atom. The van der Waals surface area contributed by atoms with Crippen molar-refractivity contribution < 1.29 is 9.53 Å². The van der Waals surface area contributed by atoms with Gasteiger partial charge < -0.3 is 10.1 Å². The third-order valence-corrected chi connectivity index (χ3v) is 2.29. The van der Waals surface area contributed by atoms with Gasteiger partial charge in [0, 0.05) is 4.91 Å². The molecule has 0 heterocycles. The fourth-order valence-corrected chi connectivity index (χ4v) is 1.28. The van der Waals surface area contributed by atoms with Gasteiger partial charge in [-0.15, -0.1) is 0 Å². The van der Waals surface area contributed by atoms with Gasteiger partial charge in [-0.25, -0.2) is 0 Å². The van der Waals surface area contributed by atoms with E-state index < -0.39 is 5.54 Å². The number of nitrogens with one attached hydrogen (secondary N) is 1. The average molecular weight is 248 g/mol. The highest BCUT2D eigenvalue weighted by Crippen LogP contribution is 2.25. The number of hydrogen-bond donors (Lipinski definition) is 1. The summed E-state index contributed by atoms with van der Waals surface area (Å²) >= 11 is 0. The monoisotopic (exact) mass is 248 g/mol. The third kappa shape index (κ3) is 3.40. The maximum atomic E-state index is 11.9. The molecular weight excluding hydrogens is 232 g/mol.